The van der Waals surface area contributed by atoms with Crippen molar-refractivity contribution in [3.8, 4) is 0 Å². The molecule has 4 heteroatoms. The van der Waals surface area contributed by atoms with Gasteiger partial charge < -0.3 is 14.8 Å². The topological polar surface area (TPSA) is 30.5 Å². The molecule has 0 radical (unpaired) electrons. The molecule has 2 fully saturated rings. The minimum atomic E-state index is -0.306. The van der Waals surface area contributed by atoms with Crippen molar-refractivity contribution in [1.82, 2.24) is 5.32 Å². The molecule has 0 aliphatic carbocycles. The molecule has 0 aromatic carbocycles. The zero-order chi connectivity index (χ0) is 7.03. The van der Waals surface area contributed by atoms with E-state index >= 15 is 0 Å². The fourth-order valence-electron chi connectivity index (χ4n) is 1.21. The van der Waals surface area contributed by atoms with Crippen LogP contribution in [0.1, 0.15) is 0 Å². The molecule has 0 saturated carbocycles. The van der Waals surface area contributed by atoms with Crippen molar-refractivity contribution in [3.63, 3.8) is 0 Å². The molecule has 2 rings (SSSR count). The molecule has 0 aromatic rings. The summed E-state index contributed by atoms with van der Waals surface area (Å²) in [5, 5.41) is 3.10. The third-order valence-corrected chi connectivity index (χ3v) is 2.22. The first kappa shape index (κ1) is 6.85. The number of alkyl halides is 1. The summed E-state index contributed by atoms with van der Waals surface area (Å²) in [6.07, 6.45) is 0.101. The Hall–Kier alpha value is 0.170. The van der Waals surface area contributed by atoms with E-state index in [1.807, 2.05) is 0 Å². The number of hydrogen-bond acceptors (Lipinski definition) is 3. The van der Waals surface area contributed by atoms with Crippen LogP contribution in [0.4, 0.5) is 0 Å². The van der Waals surface area contributed by atoms with Gasteiger partial charge in [-0.2, -0.15) is 0 Å². The summed E-state index contributed by atoms with van der Waals surface area (Å²) < 4.78 is 10.9. The molecular weight excluding hydrogens is 154 g/mol. The molecule has 0 amide bonds. The fourth-order valence-corrected chi connectivity index (χ4v) is 1.36. The zero-order valence-electron chi connectivity index (χ0n) is 5.60. The van der Waals surface area contributed by atoms with Gasteiger partial charge in [-0.1, -0.05) is 0 Å². The van der Waals surface area contributed by atoms with Crippen molar-refractivity contribution in [3.05, 3.63) is 0 Å². The predicted molar refractivity (Wildman–Crippen MR) is 37.1 cm³/mol. The predicted octanol–water partition coefficient (Wildman–Crippen LogP) is -0.0599. The number of rotatable bonds is 1. The molecule has 2 heterocycles. The van der Waals surface area contributed by atoms with Gasteiger partial charge in [0.05, 0.1) is 31.7 Å². The Kier molecular flexibility index (Phi) is 1.60. The molecule has 1 atom stereocenters. The third-order valence-electron chi connectivity index (χ3n) is 1.87. The Bertz CT molecular complexity index is 138. The standard InChI is InChI=1S/C6H10ClNO2/c7-1-5-2-9-6(10-5)3-8-4-6/h5,8H,1-4H2. The molecule has 2 aliphatic rings. The second-order valence-electron chi connectivity index (χ2n) is 2.72. The van der Waals surface area contributed by atoms with E-state index in [0.717, 1.165) is 13.1 Å². The average molecular weight is 164 g/mol. The highest BCUT2D eigenvalue weighted by Crippen LogP contribution is 2.27. The van der Waals surface area contributed by atoms with Gasteiger partial charge in [0.1, 0.15) is 0 Å². The summed E-state index contributed by atoms with van der Waals surface area (Å²) >= 11 is 5.59. The van der Waals surface area contributed by atoms with E-state index in [1.165, 1.54) is 0 Å². The van der Waals surface area contributed by atoms with Crippen molar-refractivity contribution in [2.24, 2.45) is 0 Å². The van der Waals surface area contributed by atoms with Crippen LogP contribution in [0, 0.1) is 0 Å². The lowest BCUT2D eigenvalue weighted by molar-refractivity contribution is -0.194. The SMILES string of the molecule is ClCC1COC2(CNC2)O1. The quantitative estimate of drug-likeness (QED) is 0.550. The van der Waals surface area contributed by atoms with Gasteiger partial charge in [-0.15, -0.1) is 11.6 Å². The van der Waals surface area contributed by atoms with E-state index in [-0.39, 0.29) is 11.9 Å². The van der Waals surface area contributed by atoms with Crippen LogP contribution in [0.5, 0.6) is 0 Å². The molecule has 0 aromatic heterocycles. The molecule has 58 valence electrons. The van der Waals surface area contributed by atoms with Crippen LogP contribution in [0.2, 0.25) is 0 Å². The van der Waals surface area contributed by atoms with Gasteiger partial charge in [-0.05, 0) is 0 Å². The van der Waals surface area contributed by atoms with Gasteiger partial charge >= 0.3 is 0 Å². The molecule has 10 heavy (non-hydrogen) atoms. The molecule has 0 bridgehead atoms. The maximum absolute atomic E-state index is 5.59. The monoisotopic (exact) mass is 163 g/mol. The lowest BCUT2D eigenvalue weighted by Crippen LogP contribution is -2.60. The molecule has 2 aliphatic heterocycles. The van der Waals surface area contributed by atoms with Crippen LogP contribution in [0.25, 0.3) is 0 Å². The third kappa shape index (κ3) is 0.937. The summed E-state index contributed by atoms with van der Waals surface area (Å²) in [4.78, 5) is 0. The highest BCUT2D eigenvalue weighted by molar-refractivity contribution is 6.18. The van der Waals surface area contributed by atoms with Crippen LogP contribution >= 0.6 is 11.6 Å². The highest BCUT2D eigenvalue weighted by atomic mass is 35.5. The summed E-state index contributed by atoms with van der Waals surface area (Å²) in [6.45, 7) is 2.26. The van der Waals surface area contributed by atoms with Gasteiger partial charge in [0, 0.05) is 0 Å². The van der Waals surface area contributed by atoms with Crippen molar-refractivity contribution in [2.75, 3.05) is 25.6 Å². The minimum absolute atomic E-state index is 0.101. The van der Waals surface area contributed by atoms with E-state index in [9.17, 15) is 0 Å². The van der Waals surface area contributed by atoms with Crippen molar-refractivity contribution in [2.45, 2.75) is 11.9 Å². The number of hydrogen-bond donors (Lipinski definition) is 1. The lowest BCUT2D eigenvalue weighted by atomic mass is 10.2. The maximum Gasteiger partial charge on any atom is 0.193 e. The first-order valence-corrected chi connectivity index (χ1v) is 3.97. The van der Waals surface area contributed by atoms with Gasteiger partial charge in [0.2, 0.25) is 0 Å². The van der Waals surface area contributed by atoms with Crippen LogP contribution in [-0.2, 0) is 9.47 Å². The summed E-state index contributed by atoms with van der Waals surface area (Å²) in [5.41, 5.74) is 0. The first-order chi connectivity index (χ1) is 4.85. The lowest BCUT2D eigenvalue weighted by Gasteiger charge is -2.36. The average Bonchev–Trinajstić information content (AvgIpc) is 2.29. The van der Waals surface area contributed by atoms with E-state index in [4.69, 9.17) is 21.1 Å². The Balaban J connectivity index is 1.92. The second-order valence-corrected chi connectivity index (χ2v) is 3.03. The Morgan fingerprint density at radius 3 is 2.70 bits per heavy atom. The van der Waals surface area contributed by atoms with Crippen LogP contribution in [0.15, 0.2) is 0 Å². The number of halogens is 1. The van der Waals surface area contributed by atoms with Crippen LogP contribution in [0.3, 0.4) is 0 Å². The van der Waals surface area contributed by atoms with E-state index < -0.39 is 0 Å². The van der Waals surface area contributed by atoms with E-state index in [1.54, 1.807) is 0 Å². The zero-order valence-corrected chi connectivity index (χ0v) is 6.36. The van der Waals surface area contributed by atoms with Crippen LogP contribution < -0.4 is 5.32 Å². The van der Waals surface area contributed by atoms with E-state index in [0.29, 0.717) is 12.5 Å². The van der Waals surface area contributed by atoms with Crippen molar-refractivity contribution >= 4 is 11.6 Å². The van der Waals surface area contributed by atoms with Crippen molar-refractivity contribution in [1.29, 1.82) is 0 Å². The second kappa shape index (κ2) is 2.34. The minimum Gasteiger partial charge on any atom is -0.345 e. The number of ether oxygens (including phenoxy) is 2. The molecule has 2 saturated heterocycles. The maximum atomic E-state index is 5.59. The van der Waals surface area contributed by atoms with Gasteiger partial charge in [0.15, 0.2) is 5.79 Å². The first-order valence-electron chi connectivity index (χ1n) is 3.43. The fraction of sp³-hybridized carbons (Fsp3) is 1.00. The highest BCUT2D eigenvalue weighted by Gasteiger charge is 2.46. The molecule has 1 N–H and O–H groups in total. The summed E-state index contributed by atoms with van der Waals surface area (Å²) in [5.74, 6) is 0.224. The largest absolute Gasteiger partial charge is 0.345 e. The summed E-state index contributed by atoms with van der Waals surface area (Å²) in [6, 6.07) is 0. The van der Waals surface area contributed by atoms with Crippen molar-refractivity contribution < 1.29 is 9.47 Å². The smallest absolute Gasteiger partial charge is 0.193 e. The normalized spacial score (nSPS) is 36.3. The molecular formula is C6H10ClNO2. The van der Waals surface area contributed by atoms with Gasteiger partial charge in [0.25, 0.3) is 0 Å². The van der Waals surface area contributed by atoms with E-state index in [2.05, 4.69) is 5.32 Å². The molecule has 1 unspecified atom stereocenters. The molecule has 3 nitrogen and oxygen atoms in total. The van der Waals surface area contributed by atoms with Gasteiger partial charge in [-0.25, -0.2) is 0 Å². The number of nitrogens with one attached hydrogen (secondary N) is 1. The Labute approximate surface area is 64.6 Å². The van der Waals surface area contributed by atoms with Crippen LogP contribution in [-0.4, -0.2) is 37.5 Å². The summed E-state index contributed by atoms with van der Waals surface area (Å²) in [7, 11) is 0. The van der Waals surface area contributed by atoms with Gasteiger partial charge in [-0.3, -0.25) is 0 Å². The molecule has 1 spiro atoms. The Morgan fingerprint density at radius 1 is 1.60 bits per heavy atom. The Morgan fingerprint density at radius 2 is 2.40 bits per heavy atom.